The first-order valence-corrected chi connectivity index (χ1v) is 18.7. The lowest BCUT2D eigenvalue weighted by molar-refractivity contribution is -0.153. The van der Waals surface area contributed by atoms with Crippen LogP contribution in [0, 0.1) is 0 Å². The standard InChI is InChI=1S/C36H41N6O9P/c1-36(45)30(43)27(50-34(36)42-21-38-29-31(42)39-35(37)40-32(29)47-2)20-48-52(46,51-26-19-11-15-22-12-9-10-18-25(22)26)41-28(23-13-5-3-6-14-23)33(44)49-24-16-7-4-8-17-24/h3,5-6,9-15,18-19,21,24,27-28,30,34,43,45H,4,7-8,16-17,20H2,1-2H3,(H,41,46)(H2,37,39,40). The molecule has 52 heavy (non-hydrogen) atoms. The van der Waals surface area contributed by atoms with Crippen molar-refractivity contribution in [1.82, 2.24) is 24.6 Å². The number of hydrogen-bond donors (Lipinski definition) is 4. The molecule has 16 heteroatoms. The molecule has 0 amide bonds. The largest absolute Gasteiger partial charge is 0.479 e. The third-order valence-corrected chi connectivity index (χ3v) is 11.0. The van der Waals surface area contributed by atoms with Crippen LogP contribution in [-0.4, -0.2) is 73.3 Å². The van der Waals surface area contributed by atoms with Crippen LogP contribution in [-0.2, 0) is 23.4 Å². The number of methoxy groups -OCH3 is 1. The molecule has 0 spiro atoms. The Labute approximate surface area is 299 Å². The lowest BCUT2D eigenvalue weighted by atomic mass is 9.96. The molecule has 2 aliphatic rings. The third kappa shape index (κ3) is 7.20. The molecule has 5 aromatic rings. The number of aliphatic hydroxyl groups excluding tert-OH is 1. The molecule has 5 N–H and O–H groups in total. The normalized spacial score (nSPS) is 24.0. The van der Waals surface area contributed by atoms with Crippen LogP contribution >= 0.6 is 7.75 Å². The molecule has 1 saturated carbocycles. The Hall–Kier alpha value is -4.63. The molecule has 0 bridgehead atoms. The highest BCUT2D eigenvalue weighted by Crippen LogP contribution is 2.50. The quantitative estimate of drug-likeness (QED) is 0.0987. The maximum Gasteiger partial charge on any atom is 0.459 e. The summed E-state index contributed by atoms with van der Waals surface area (Å²) in [7, 11) is -3.12. The van der Waals surface area contributed by atoms with Gasteiger partial charge in [0.15, 0.2) is 17.4 Å². The van der Waals surface area contributed by atoms with Gasteiger partial charge in [0.25, 0.3) is 0 Å². The van der Waals surface area contributed by atoms with E-state index in [0.717, 1.165) is 37.5 Å². The SMILES string of the molecule is COc1nc(N)nc2c1ncn2C1OC(COP(=O)(NC(C(=O)OC2CCCCC2)c2ccccc2)Oc2cccc3ccccc23)C(O)C1(C)O. The third-order valence-electron chi connectivity index (χ3n) is 9.48. The van der Waals surface area contributed by atoms with Crippen LogP contribution in [0.3, 0.4) is 0 Å². The lowest BCUT2D eigenvalue weighted by Gasteiger charge is -2.29. The Bertz CT molecular complexity index is 2090. The molecule has 3 aromatic carbocycles. The van der Waals surface area contributed by atoms with Gasteiger partial charge in [-0.2, -0.15) is 15.1 Å². The molecule has 6 atom stereocenters. The van der Waals surface area contributed by atoms with Crippen LogP contribution < -0.4 is 20.1 Å². The van der Waals surface area contributed by atoms with Crippen molar-refractivity contribution in [2.24, 2.45) is 0 Å². The minimum absolute atomic E-state index is 0.100. The zero-order chi connectivity index (χ0) is 36.5. The zero-order valence-electron chi connectivity index (χ0n) is 28.7. The molecular weight excluding hydrogens is 691 g/mol. The highest BCUT2D eigenvalue weighted by molar-refractivity contribution is 7.52. The molecule has 7 rings (SSSR count). The van der Waals surface area contributed by atoms with Crippen LogP contribution in [0.2, 0.25) is 0 Å². The number of fused-ring (bicyclic) bond motifs is 2. The summed E-state index contributed by atoms with van der Waals surface area (Å²) in [5, 5.41) is 27.3. The predicted molar refractivity (Wildman–Crippen MR) is 190 cm³/mol. The highest BCUT2D eigenvalue weighted by atomic mass is 31.2. The van der Waals surface area contributed by atoms with Crippen LogP contribution in [0.15, 0.2) is 79.1 Å². The summed E-state index contributed by atoms with van der Waals surface area (Å²) in [4.78, 5) is 26.4. The van der Waals surface area contributed by atoms with E-state index in [9.17, 15) is 15.0 Å². The van der Waals surface area contributed by atoms with E-state index in [1.54, 1.807) is 42.5 Å². The average molecular weight is 733 g/mol. The number of ether oxygens (including phenoxy) is 3. The number of hydrogen-bond acceptors (Lipinski definition) is 13. The summed E-state index contributed by atoms with van der Waals surface area (Å²) < 4.78 is 46.1. The number of esters is 1. The number of benzene rings is 3. The number of nitrogens with zero attached hydrogens (tertiary/aromatic N) is 4. The Morgan fingerprint density at radius 1 is 1.08 bits per heavy atom. The van der Waals surface area contributed by atoms with Crippen molar-refractivity contribution >= 4 is 41.6 Å². The van der Waals surface area contributed by atoms with Crippen molar-refractivity contribution in [3.8, 4) is 11.6 Å². The van der Waals surface area contributed by atoms with Crippen molar-refractivity contribution in [1.29, 1.82) is 0 Å². The highest BCUT2D eigenvalue weighted by Gasteiger charge is 2.54. The average Bonchev–Trinajstić information content (AvgIpc) is 3.66. The molecule has 1 saturated heterocycles. The second kappa shape index (κ2) is 14.8. The summed E-state index contributed by atoms with van der Waals surface area (Å²) in [6.07, 6.45) is 1.50. The predicted octanol–water partition coefficient (Wildman–Crippen LogP) is 4.99. The van der Waals surface area contributed by atoms with Gasteiger partial charge in [0.05, 0.1) is 20.0 Å². The van der Waals surface area contributed by atoms with Gasteiger partial charge in [0.1, 0.15) is 35.7 Å². The van der Waals surface area contributed by atoms with Crippen LogP contribution in [0.1, 0.15) is 56.9 Å². The van der Waals surface area contributed by atoms with Crippen molar-refractivity contribution in [3.05, 3.63) is 84.7 Å². The number of rotatable bonds is 12. The van der Waals surface area contributed by atoms with Gasteiger partial charge in [-0.1, -0.05) is 73.2 Å². The van der Waals surface area contributed by atoms with Gasteiger partial charge in [0, 0.05) is 5.39 Å². The van der Waals surface area contributed by atoms with E-state index in [2.05, 4.69) is 20.0 Å². The maximum absolute atomic E-state index is 15.0. The Morgan fingerprint density at radius 2 is 1.81 bits per heavy atom. The molecule has 3 heterocycles. The van der Waals surface area contributed by atoms with E-state index in [1.165, 1.54) is 24.9 Å². The number of imidazole rings is 1. The first-order chi connectivity index (χ1) is 25.1. The molecule has 2 fully saturated rings. The van der Waals surface area contributed by atoms with Gasteiger partial charge in [-0.05, 0) is 49.6 Å². The summed E-state index contributed by atoms with van der Waals surface area (Å²) in [5.41, 5.74) is 4.91. The first kappa shape index (κ1) is 35.8. The molecule has 15 nitrogen and oxygen atoms in total. The topological polar surface area (TPSA) is 202 Å². The van der Waals surface area contributed by atoms with Crippen LogP contribution in [0.25, 0.3) is 21.9 Å². The lowest BCUT2D eigenvalue weighted by Crippen LogP contribution is -2.44. The van der Waals surface area contributed by atoms with E-state index in [1.807, 2.05) is 30.3 Å². The number of nitrogen functional groups attached to an aromatic ring is 1. The fraction of sp³-hybridized carbons (Fsp3) is 0.389. The zero-order valence-corrected chi connectivity index (χ0v) is 29.6. The fourth-order valence-corrected chi connectivity index (χ4v) is 8.26. The van der Waals surface area contributed by atoms with Crippen molar-refractivity contribution < 1.29 is 42.8 Å². The van der Waals surface area contributed by atoms with Gasteiger partial charge >= 0.3 is 13.7 Å². The molecule has 2 aromatic heterocycles. The van der Waals surface area contributed by atoms with Gasteiger partial charge < -0.3 is 34.7 Å². The summed E-state index contributed by atoms with van der Waals surface area (Å²) in [5.74, 6) is -0.383. The molecule has 6 unspecified atom stereocenters. The van der Waals surface area contributed by atoms with Gasteiger partial charge in [-0.3, -0.25) is 9.09 Å². The van der Waals surface area contributed by atoms with Gasteiger partial charge in [0.2, 0.25) is 11.8 Å². The number of carbonyl (C=O) groups excluding carboxylic acids is 1. The van der Waals surface area contributed by atoms with E-state index >= 15 is 4.57 Å². The summed E-state index contributed by atoms with van der Waals surface area (Å²) in [6, 6.07) is 20.2. The molecule has 0 radical (unpaired) electrons. The molecule has 1 aliphatic heterocycles. The van der Waals surface area contributed by atoms with E-state index in [0.29, 0.717) is 10.9 Å². The van der Waals surface area contributed by atoms with Gasteiger partial charge in [-0.15, -0.1) is 0 Å². The number of nitrogens with one attached hydrogen (secondary N) is 1. The van der Waals surface area contributed by atoms with Gasteiger partial charge in [-0.25, -0.2) is 14.3 Å². The smallest absolute Gasteiger partial charge is 0.459 e. The minimum atomic E-state index is -4.53. The number of aliphatic hydroxyl groups is 2. The Kier molecular flexibility index (Phi) is 10.2. The number of anilines is 1. The van der Waals surface area contributed by atoms with Crippen LogP contribution in [0.5, 0.6) is 11.6 Å². The van der Waals surface area contributed by atoms with Crippen LogP contribution in [0.4, 0.5) is 5.95 Å². The van der Waals surface area contributed by atoms with Crippen molar-refractivity contribution in [3.63, 3.8) is 0 Å². The first-order valence-electron chi connectivity index (χ1n) is 17.1. The summed E-state index contributed by atoms with van der Waals surface area (Å²) >= 11 is 0. The van der Waals surface area contributed by atoms with E-state index in [-0.39, 0.29) is 34.8 Å². The van der Waals surface area contributed by atoms with Crippen molar-refractivity contribution in [2.45, 2.75) is 75.2 Å². The Morgan fingerprint density at radius 3 is 2.58 bits per heavy atom. The minimum Gasteiger partial charge on any atom is -0.479 e. The second-order valence-electron chi connectivity index (χ2n) is 13.1. The monoisotopic (exact) mass is 732 g/mol. The molecule has 274 valence electrons. The number of carbonyl (C=O) groups is 1. The number of nitrogens with two attached hydrogens (primary N) is 1. The molecule has 1 aliphatic carbocycles. The fourth-order valence-electron chi connectivity index (χ4n) is 6.75. The number of aromatic nitrogens is 4. The second-order valence-corrected chi connectivity index (χ2v) is 14.8. The van der Waals surface area contributed by atoms with E-state index in [4.69, 9.17) is 29.0 Å². The van der Waals surface area contributed by atoms with Crippen molar-refractivity contribution in [2.75, 3.05) is 19.5 Å². The van der Waals surface area contributed by atoms with E-state index < -0.39 is 50.4 Å². The maximum atomic E-state index is 15.0. The molecular formula is C36H41N6O9P. The summed E-state index contributed by atoms with van der Waals surface area (Å²) in [6.45, 7) is 0.849. The Balaban J connectivity index is 1.20.